The van der Waals surface area contributed by atoms with Crippen LogP contribution in [0, 0.1) is 0 Å². The van der Waals surface area contributed by atoms with Gasteiger partial charge in [0.25, 0.3) is 0 Å². The van der Waals surface area contributed by atoms with Gasteiger partial charge in [-0.15, -0.1) is 0 Å². The van der Waals surface area contributed by atoms with Crippen molar-refractivity contribution in [2.45, 2.75) is 39.7 Å². The fraction of sp³-hybridized carbons (Fsp3) is 0.444. The van der Waals surface area contributed by atoms with Crippen LogP contribution in [0.3, 0.4) is 0 Å². The summed E-state index contributed by atoms with van der Waals surface area (Å²) in [6.45, 7) is 7.02. The van der Waals surface area contributed by atoms with Gasteiger partial charge in [0.15, 0.2) is 11.5 Å². The van der Waals surface area contributed by atoms with E-state index >= 15 is 0 Å². The lowest BCUT2D eigenvalue weighted by Crippen LogP contribution is -2.17. The summed E-state index contributed by atoms with van der Waals surface area (Å²) in [5.74, 6) is 2.11. The maximum Gasteiger partial charge on any atom is 0.225 e. The van der Waals surface area contributed by atoms with Crippen LogP contribution < -0.4 is 14.8 Å². The normalized spacial score (nSPS) is 10.7. The highest BCUT2D eigenvalue weighted by Gasteiger charge is 2.09. The van der Waals surface area contributed by atoms with Gasteiger partial charge in [-0.2, -0.15) is 5.10 Å². The van der Waals surface area contributed by atoms with Crippen molar-refractivity contribution in [1.29, 1.82) is 0 Å². The standard InChI is InChI=1S/C18H25N3O3/c1-4-23-15-8-5-6-9-16(15)24-13-7-10-18(22)20-17-11-12-19-21(17)14(2)3/h5-6,8-9,11-12,14H,4,7,10,13H2,1-3H3,(H,20,22). The lowest BCUT2D eigenvalue weighted by Gasteiger charge is -2.12. The summed E-state index contributed by atoms with van der Waals surface area (Å²) in [5, 5.41) is 7.08. The number of ether oxygens (including phenoxy) is 2. The summed E-state index contributed by atoms with van der Waals surface area (Å²) in [6, 6.07) is 9.55. The van der Waals surface area contributed by atoms with Gasteiger partial charge in [0.2, 0.25) is 5.91 Å². The van der Waals surface area contributed by atoms with Crippen LogP contribution in [0.1, 0.15) is 39.7 Å². The van der Waals surface area contributed by atoms with Crippen LogP contribution in [0.2, 0.25) is 0 Å². The largest absolute Gasteiger partial charge is 0.490 e. The number of aromatic nitrogens is 2. The molecule has 1 aromatic heterocycles. The first-order valence-corrected chi connectivity index (χ1v) is 8.29. The van der Waals surface area contributed by atoms with Crippen LogP contribution in [-0.4, -0.2) is 28.9 Å². The van der Waals surface area contributed by atoms with Crippen molar-refractivity contribution in [2.75, 3.05) is 18.5 Å². The van der Waals surface area contributed by atoms with Crippen molar-refractivity contribution in [3.63, 3.8) is 0 Å². The molecule has 2 rings (SSSR count). The maximum absolute atomic E-state index is 12.0. The number of carbonyl (C=O) groups is 1. The van der Waals surface area contributed by atoms with Gasteiger partial charge < -0.3 is 14.8 Å². The molecular weight excluding hydrogens is 306 g/mol. The highest BCUT2D eigenvalue weighted by molar-refractivity contribution is 5.89. The highest BCUT2D eigenvalue weighted by Crippen LogP contribution is 2.26. The first kappa shape index (κ1) is 17.8. The molecule has 0 saturated carbocycles. The molecule has 24 heavy (non-hydrogen) atoms. The monoisotopic (exact) mass is 331 g/mol. The van der Waals surface area contributed by atoms with Gasteiger partial charge in [-0.05, 0) is 39.3 Å². The third-order valence-electron chi connectivity index (χ3n) is 3.38. The molecule has 0 fully saturated rings. The number of amides is 1. The molecule has 130 valence electrons. The fourth-order valence-corrected chi connectivity index (χ4v) is 2.29. The van der Waals surface area contributed by atoms with Crippen molar-refractivity contribution in [3.8, 4) is 11.5 Å². The first-order valence-electron chi connectivity index (χ1n) is 8.29. The molecule has 0 aliphatic carbocycles. The van der Waals surface area contributed by atoms with Gasteiger partial charge in [0.05, 0.1) is 19.4 Å². The van der Waals surface area contributed by atoms with Gasteiger partial charge in [0.1, 0.15) is 5.82 Å². The minimum atomic E-state index is -0.0425. The molecule has 1 N–H and O–H groups in total. The Labute approximate surface area is 142 Å². The van der Waals surface area contributed by atoms with Crippen molar-refractivity contribution in [3.05, 3.63) is 36.5 Å². The Kier molecular flexibility index (Phi) is 6.66. The van der Waals surface area contributed by atoms with E-state index in [0.717, 1.165) is 11.6 Å². The predicted molar refractivity (Wildman–Crippen MR) is 93.6 cm³/mol. The van der Waals surface area contributed by atoms with E-state index in [0.29, 0.717) is 31.8 Å². The number of para-hydroxylation sites is 2. The van der Waals surface area contributed by atoms with Crippen molar-refractivity contribution >= 4 is 11.7 Å². The Bertz CT molecular complexity index is 652. The van der Waals surface area contributed by atoms with E-state index in [-0.39, 0.29) is 11.9 Å². The Morgan fingerprint density at radius 3 is 2.58 bits per heavy atom. The van der Waals surface area contributed by atoms with Crippen LogP contribution in [-0.2, 0) is 4.79 Å². The molecule has 0 saturated heterocycles. The Hall–Kier alpha value is -2.50. The second kappa shape index (κ2) is 8.96. The Morgan fingerprint density at radius 2 is 1.92 bits per heavy atom. The van der Waals surface area contributed by atoms with Gasteiger partial charge in [0, 0.05) is 18.5 Å². The highest BCUT2D eigenvalue weighted by atomic mass is 16.5. The molecule has 0 aliphatic rings. The molecule has 6 nitrogen and oxygen atoms in total. The third kappa shape index (κ3) is 5.01. The SMILES string of the molecule is CCOc1ccccc1OCCCC(=O)Nc1ccnn1C(C)C. The summed E-state index contributed by atoms with van der Waals surface area (Å²) in [5.41, 5.74) is 0. The minimum absolute atomic E-state index is 0.0425. The number of carbonyl (C=O) groups excluding carboxylic acids is 1. The first-order chi connectivity index (χ1) is 11.6. The van der Waals surface area contributed by atoms with Crippen molar-refractivity contribution in [1.82, 2.24) is 9.78 Å². The Balaban J connectivity index is 1.76. The number of anilines is 1. The molecule has 0 spiro atoms. The average molecular weight is 331 g/mol. The number of nitrogens with one attached hydrogen (secondary N) is 1. The molecule has 0 bridgehead atoms. The van der Waals surface area contributed by atoms with Gasteiger partial charge >= 0.3 is 0 Å². The lowest BCUT2D eigenvalue weighted by atomic mass is 10.3. The van der Waals surface area contributed by atoms with Crippen LogP contribution in [0.5, 0.6) is 11.5 Å². The number of nitrogens with zero attached hydrogens (tertiary/aromatic N) is 2. The second-order valence-electron chi connectivity index (χ2n) is 5.63. The zero-order valence-electron chi connectivity index (χ0n) is 14.5. The summed E-state index contributed by atoms with van der Waals surface area (Å²) in [7, 11) is 0. The summed E-state index contributed by atoms with van der Waals surface area (Å²) < 4.78 is 13.0. The van der Waals surface area contributed by atoms with E-state index in [1.54, 1.807) is 16.9 Å². The van der Waals surface area contributed by atoms with Crippen LogP contribution in [0.25, 0.3) is 0 Å². The van der Waals surface area contributed by atoms with Crippen molar-refractivity contribution in [2.24, 2.45) is 0 Å². The molecule has 1 aromatic carbocycles. The topological polar surface area (TPSA) is 65.4 Å². The molecule has 0 unspecified atom stereocenters. The number of rotatable bonds is 9. The van der Waals surface area contributed by atoms with E-state index in [9.17, 15) is 4.79 Å². The fourth-order valence-electron chi connectivity index (χ4n) is 2.29. The van der Waals surface area contributed by atoms with Gasteiger partial charge in [-0.3, -0.25) is 4.79 Å². The molecule has 0 radical (unpaired) electrons. The summed E-state index contributed by atoms with van der Waals surface area (Å²) >= 11 is 0. The van der Waals surface area contributed by atoms with E-state index in [2.05, 4.69) is 10.4 Å². The quantitative estimate of drug-likeness (QED) is 0.712. The van der Waals surface area contributed by atoms with Crippen molar-refractivity contribution < 1.29 is 14.3 Å². The second-order valence-corrected chi connectivity index (χ2v) is 5.63. The minimum Gasteiger partial charge on any atom is -0.490 e. The lowest BCUT2D eigenvalue weighted by molar-refractivity contribution is -0.116. The van der Waals surface area contributed by atoms with Crippen LogP contribution in [0.15, 0.2) is 36.5 Å². The van der Waals surface area contributed by atoms with Crippen LogP contribution in [0.4, 0.5) is 5.82 Å². The molecule has 1 heterocycles. The predicted octanol–water partition coefficient (Wildman–Crippen LogP) is 3.66. The average Bonchev–Trinajstić information content (AvgIpc) is 3.01. The maximum atomic E-state index is 12.0. The zero-order chi connectivity index (χ0) is 17.4. The van der Waals surface area contributed by atoms with E-state index in [1.807, 2.05) is 45.0 Å². The molecular formula is C18H25N3O3. The third-order valence-corrected chi connectivity index (χ3v) is 3.38. The summed E-state index contributed by atoms with van der Waals surface area (Å²) in [6.07, 6.45) is 2.70. The summed E-state index contributed by atoms with van der Waals surface area (Å²) in [4.78, 5) is 12.0. The number of hydrogen-bond acceptors (Lipinski definition) is 4. The van der Waals surface area contributed by atoms with E-state index in [1.165, 1.54) is 0 Å². The van der Waals surface area contributed by atoms with E-state index in [4.69, 9.17) is 9.47 Å². The van der Waals surface area contributed by atoms with E-state index < -0.39 is 0 Å². The van der Waals surface area contributed by atoms with Gasteiger partial charge in [-0.25, -0.2) is 4.68 Å². The molecule has 0 aliphatic heterocycles. The number of hydrogen-bond donors (Lipinski definition) is 1. The number of benzene rings is 1. The Morgan fingerprint density at radius 1 is 1.21 bits per heavy atom. The van der Waals surface area contributed by atoms with Crippen LogP contribution >= 0.6 is 0 Å². The molecule has 1 amide bonds. The molecule has 6 heteroatoms. The smallest absolute Gasteiger partial charge is 0.225 e. The van der Waals surface area contributed by atoms with Gasteiger partial charge in [-0.1, -0.05) is 12.1 Å². The molecule has 0 atom stereocenters. The molecule has 2 aromatic rings. The zero-order valence-corrected chi connectivity index (χ0v) is 14.5.